The Morgan fingerprint density at radius 1 is 1.09 bits per heavy atom. The molecule has 13 nitrogen and oxygen atoms in total. The van der Waals surface area contributed by atoms with Gasteiger partial charge in [0, 0.05) is 43.7 Å². The van der Waals surface area contributed by atoms with E-state index in [4.69, 9.17) is 4.74 Å². The Labute approximate surface area is 306 Å². The van der Waals surface area contributed by atoms with Gasteiger partial charge in [0.05, 0.1) is 40.8 Å². The summed E-state index contributed by atoms with van der Waals surface area (Å²) in [5.74, 6) is -1.40. The number of sulfonamides is 1. The molecule has 0 radical (unpaired) electrons. The van der Waals surface area contributed by atoms with Gasteiger partial charge in [-0.1, -0.05) is 30.3 Å². The van der Waals surface area contributed by atoms with E-state index in [0.29, 0.717) is 29.1 Å². The van der Waals surface area contributed by atoms with Gasteiger partial charge < -0.3 is 15.0 Å². The highest BCUT2D eigenvalue weighted by Crippen LogP contribution is 2.48. The zero-order valence-electron chi connectivity index (χ0n) is 28.1. The molecule has 0 aliphatic carbocycles. The van der Waals surface area contributed by atoms with Gasteiger partial charge in [-0.15, -0.1) is 11.3 Å². The van der Waals surface area contributed by atoms with Crippen molar-refractivity contribution in [3.63, 3.8) is 0 Å². The molecule has 1 aliphatic rings. The summed E-state index contributed by atoms with van der Waals surface area (Å²) >= 11 is 1.28. The molecule has 1 saturated heterocycles. The summed E-state index contributed by atoms with van der Waals surface area (Å²) < 4.78 is 79.2. The van der Waals surface area contributed by atoms with Crippen LogP contribution in [0.5, 0.6) is 11.5 Å². The Bertz CT molecular complexity index is 2210. The number of carbonyl (C=O) groups excluding carboxylic acids is 1. The van der Waals surface area contributed by atoms with Gasteiger partial charge in [-0.2, -0.15) is 23.4 Å². The summed E-state index contributed by atoms with van der Waals surface area (Å²) in [5, 5.41) is 24.1. The van der Waals surface area contributed by atoms with Crippen molar-refractivity contribution >= 4 is 44.3 Å². The van der Waals surface area contributed by atoms with Crippen LogP contribution >= 0.6 is 11.3 Å². The maximum atomic E-state index is 15.2. The van der Waals surface area contributed by atoms with Crippen LogP contribution in [0.1, 0.15) is 24.1 Å². The van der Waals surface area contributed by atoms with Gasteiger partial charge in [0.2, 0.25) is 15.9 Å². The van der Waals surface area contributed by atoms with Crippen LogP contribution in [0.25, 0.3) is 10.6 Å². The summed E-state index contributed by atoms with van der Waals surface area (Å²) in [6, 6.07) is 17.2. The van der Waals surface area contributed by atoms with Gasteiger partial charge >= 0.3 is 6.18 Å². The molecular formula is C35H32F3N7O6S2. The van der Waals surface area contributed by atoms with E-state index < -0.39 is 54.8 Å². The number of benzene rings is 3. The fourth-order valence-corrected chi connectivity index (χ4v) is 8.36. The van der Waals surface area contributed by atoms with Gasteiger partial charge in [0.25, 0.3) is 5.69 Å². The summed E-state index contributed by atoms with van der Waals surface area (Å²) in [6.45, 7) is 0.00740. The molecule has 0 unspecified atom stereocenters. The number of hydrogen-bond acceptors (Lipinski definition) is 11. The number of nitrogens with zero attached hydrogens (tertiary/aromatic N) is 6. The number of piperidine rings is 1. The number of amides is 1. The number of aromatic nitrogens is 3. The number of ether oxygens (including phenoxy) is 1. The number of nitrogens with one attached hydrogen (secondary N) is 1. The molecule has 1 fully saturated rings. The average Bonchev–Trinajstić information content (AvgIpc) is 3.60. The minimum Gasteiger partial charge on any atom is -0.457 e. The Kier molecular flexibility index (Phi) is 11.0. The quantitative estimate of drug-likeness (QED) is 0.103. The molecule has 3 aromatic carbocycles. The third kappa shape index (κ3) is 8.61. The van der Waals surface area contributed by atoms with E-state index in [1.807, 2.05) is 0 Å². The zero-order valence-corrected chi connectivity index (χ0v) is 29.7. The van der Waals surface area contributed by atoms with E-state index in [1.165, 1.54) is 66.0 Å². The van der Waals surface area contributed by atoms with Crippen molar-refractivity contribution in [2.75, 3.05) is 36.9 Å². The number of nitro benzene ring substituents is 1. The Balaban J connectivity index is 1.31. The van der Waals surface area contributed by atoms with E-state index in [2.05, 4.69) is 20.5 Å². The van der Waals surface area contributed by atoms with Gasteiger partial charge in [0.15, 0.2) is 4.90 Å². The largest absolute Gasteiger partial charge is 0.457 e. The molecular weight excluding hydrogens is 736 g/mol. The lowest BCUT2D eigenvalue weighted by atomic mass is 9.96. The smallest absolute Gasteiger partial charge is 0.422 e. The predicted molar refractivity (Wildman–Crippen MR) is 191 cm³/mol. The van der Waals surface area contributed by atoms with Crippen molar-refractivity contribution in [2.45, 2.75) is 30.3 Å². The molecule has 1 amide bonds. The molecule has 3 heterocycles. The maximum Gasteiger partial charge on any atom is 0.422 e. The van der Waals surface area contributed by atoms with Crippen LogP contribution in [0, 0.1) is 16.0 Å². The molecule has 0 spiro atoms. The first-order valence-corrected chi connectivity index (χ1v) is 18.6. The number of rotatable bonds is 12. The van der Waals surface area contributed by atoms with Crippen molar-refractivity contribution < 1.29 is 36.0 Å². The van der Waals surface area contributed by atoms with Crippen LogP contribution in [-0.4, -0.2) is 65.4 Å². The first-order valence-electron chi connectivity index (χ1n) is 16.2. The van der Waals surface area contributed by atoms with E-state index >= 15 is 13.2 Å². The molecule has 1 atom stereocenters. The van der Waals surface area contributed by atoms with Gasteiger partial charge in [-0.25, -0.2) is 17.7 Å². The van der Waals surface area contributed by atoms with E-state index in [1.54, 1.807) is 29.6 Å². The van der Waals surface area contributed by atoms with Crippen LogP contribution in [0.4, 0.5) is 30.2 Å². The fourth-order valence-electron chi connectivity index (χ4n) is 6.15. The van der Waals surface area contributed by atoms with Crippen molar-refractivity contribution in [1.29, 1.82) is 0 Å². The number of hydrogen-bond donors (Lipinski definition) is 1. The molecule has 0 bridgehead atoms. The number of nitro groups is 1. The van der Waals surface area contributed by atoms with Crippen molar-refractivity contribution in [3.05, 3.63) is 112 Å². The average molecular weight is 768 g/mol. The van der Waals surface area contributed by atoms with Crippen LogP contribution in [0.15, 0.2) is 95.5 Å². The Hall–Kier alpha value is -5.46. The van der Waals surface area contributed by atoms with E-state index in [9.17, 15) is 23.3 Å². The van der Waals surface area contributed by atoms with E-state index in [0.717, 1.165) is 22.5 Å². The molecule has 6 rings (SSSR count). The molecule has 0 saturated carbocycles. The van der Waals surface area contributed by atoms with Crippen LogP contribution < -0.4 is 15.0 Å². The molecule has 18 heteroatoms. The second-order valence-corrected chi connectivity index (χ2v) is 15.1. The summed E-state index contributed by atoms with van der Waals surface area (Å²) in [4.78, 5) is 29.7. The maximum absolute atomic E-state index is 15.2. The van der Waals surface area contributed by atoms with Crippen LogP contribution in [0.3, 0.4) is 0 Å². The highest BCUT2D eigenvalue weighted by Gasteiger charge is 2.42. The zero-order chi connectivity index (χ0) is 37.8. The second kappa shape index (κ2) is 15.6. The number of alkyl halides is 3. The summed E-state index contributed by atoms with van der Waals surface area (Å²) in [5.41, 5.74) is -1.03. The number of para-hydroxylation sites is 2. The standard InChI is InChI=1S/C35H32F3N7O6S2/c1-43(53(49,50)30-12-6-5-11-28(30)45(47)48)20-23-8-7-17-44(21-23)33-27(13-14-29(32(33)35(36,37)38)51-26-9-3-2-4-10-26)42-31(46)18-25-22-52-34(41-25)24-15-16-39-40-19-24/h2-6,9-16,19,22-23H,7-8,17-18,20-21H2,1H3,(H,42,46)/t23-/m0/s1. The summed E-state index contributed by atoms with van der Waals surface area (Å²) in [7, 11) is -3.06. The predicted octanol–water partition coefficient (Wildman–Crippen LogP) is 7.04. The van der Waals surface area contributed by atoms with E-state index in [-0.39, 0.29) is 43.2 Å². The highest BCUT2D eigenvalue weighted by molar-refractivity contribution is 7.89. The van der Waals surface area contributed by atoms with Gasteiger partial charge in [-0.05, 0) is 55.2 Å². The highest BCUT2D eigenvalue weighted by atomic mass is 32.2. The summed E-state index contributed by atoms with van der Waals surface area (Å²) in [6.07, 6.45) is -1.28. The lowest BCUT2D eigenvalue weighted by molar-refractivity contribution is -0.387. The van der Waals surface area contributed by atoms with Crippen LogP contribution in [0.2, 0.25) is 0 Å². The Morgan fingerprint density at radius 3 is 2.57 bits per heavy atom. The molecule has 276 valence electrons. The van der Waals surface area contributed by atoms with Gasteiger partial charge in [0.1, 0.15) is 22.1 Å². The van der Waals surface area contributed by atoms with Crippen molar-refractivity contribution in [1.82, 2.24) is 19.5 Å². The third-order valence-electron chi connectivity index (χ3n) is 8.49. The minimum atomic E-state index is -4.94. The minimum absolute atomic E-state index is 0.0209. The van der Waals surface area contributed by atoms with Crippen molar-refractivity contribution in [2.24, 2.45) is 5.92 Å². The molecule has 5 aromatic rings. The lowest BCUT2D eigenvalue weighted by Gasteiger charge is -2.38. The topological polar surface area (TPSA) is 161 Å². The molecule has 1 N–H and O–H groups in total. The van der Waals surface area contributed by atoms with Gasteiger partial charge in [-0.3, -0.25) is 14.9 Å². The third-order valence-corrected chi connectivity index (χ3v) is 11.3. The Morgan fingerprint density at radius 2 is 1.85 bits per heavy atom. The normalized spacial score (nSPS) is 15.0. The lowest BCUT2D eigenvalue weighted by Crippen LogP contribution is -2.42. The first-order chi connectivity index (χ1) is 25.3. The monoisotopic (exact) mass is 767 g/mol. The first kappa shape index (κ1) is 37.3. The number of thiazole rings is 1. The molecule has 53 heavy (non-hydrogen) atoms. The second-order valence-electron chi connectivity index (χ2n) is 12.2. The molecule has 1 aliphatic heterocycles. The number of halogens is 3. The molecule has 2 aromatic heterocycles. The van der Waals surface area contributed by atoms with Crippen molar-refractivity contribution in [3.8, 4) is 22.1 Å². The SMILES string of the molecule is CN(C[C@@H]1CCCN(c2c(NC(=O)Cc3csc(-c4ccnnc4)n3)ccc(Oc3ccccc3)c2C(F)(F)F)C1)S(=O)(=O)c1ccccc1[N+](=O)[O-]. The fraction of sp³-hybridized carbons (Fsp3) is 0.257. The van der Waals surface area contributed by atoms with Crippen LogP contribution in [-0.2, 0) is 27.4 Å². The number of carbonyl (C=O) groups is 1. The number of anilines is 2.